The van der Waals surface area contributed by atoms with Crippen molar-refractivity contribution in [1.29, 1.82) is 0 Å². The number of nitrogens with two attached hydrogens (primary N) is 1. The van der Waals surface area contributed by atoms with E-state index in [1.165, 1.54) is 17.6 Å². The fraction of sp³-hybridized carbons (Fsp3) is 0.200. The molecule has 1 rings (SSSR count). The molecule has 106 valence electrons. The van der Waals surface area contributed by atoms with Gasteiger partial charge < -0.3 is 5.73 Å². The average Bonchev–Trinajstić information content (AvgIpc) is 2.44. The molecule has 4 N–H and O–H groups in total. The van der Waals surface area contributed by atoms with Crippen LogP contribution in [0, 0.1) is 5.92 Å². The predicted molar refractivity (Wildman–Crippen MR) is 77.2 cm³/mol. The summed E-state index contributed by atoms with van der Waals surface area (Å²) in [5.41, 5.74) is 9.03. The summed E-state index contributed by atoms with van der Waals surface area (Å²) in [7, 11) is 0. The normalized spacial score (nSPS) is 13.2. The van der Waals surface area contributed by atoms with E-state index < -0.39 is 5.91 Å². The largest absolute Gasteiger partial charge is 0.399 e. The number of amides is 1. The Kier molecular flexibility index (Phi) is 5.68. The predicted octanol–water partition coefficient (Wildman–Crippen LogP) is 2.10. The van der Waals surface area contributed by atoms with E-state index in [0.29, 0.717) is 11.3 Å². The maximum atomic E-state index is 12.2. The highest BCUT2D eigenvalue weighted by Crippen LogP contribution is 2.14. The first-order chi connectivity index (χ1) is 9.43. The molecule has 1 aromatic carbocycles. The SMILES string of the molecule is CC(C=CC(=O)NO)=C[C@@H](C)C(=O)c1ccc(N)cc1. The Morgan fingerprint density at radius 2 is 1.85 bits per heavy atom. The van der Waals surface area contributed by atoms with Crippen molar-refractivity contribution >= 4 is 17.4 Å². The molecule has 5 heteroatoms. The van der Waals surface area contributed by atoms with Crippen LogP contribution in [-0.4, -0.2) is 16.9 Å². The number of benzene rings is 1. The lowest BCUT2D eigenvalue weighted by Gasteiger charge is -2.07. The summed E-state index contributed by atoms with van der Waals surface area (Å²) in [4.78, 5) is 23.0. The van der Waals surface area contributed by atoms with Gasteiger partial charge in [0.05, 0.1) is 0 Å². The highest BCUT2D eigenvalue weighted by Gasteiger charge is 2.12. The van der Waals surface area contributed by atoms with Gasteiger partial charge in [0, 0.05) is 23.2 Å². The van der Waals surface area contributed by atoms with Crippen LogP contribution in [0.25, 0.3) is 0 Å². The van der Waals surface area contributed by atoms with Gasteiger partial charge in [0.1, 0.15) is 0 Å². The van der Waals surface area contributed by atoms with Crippen molar-refractivity contribution in [2.45, 2.75) is 13.8 Å². The van der Waals surface area contributed by atoms with E-state index in [4.69, 9.17) is 10.9 Å². The van der Waals surface area contributed by atoms with Crippen LogP contribution in [0.5, 0.6) is 0 Å². The average molecular weight is 274 g/mol. The number of nitrogens with one attached hydrogen (secondary N) is 1. The number of hydrogen-bond donors (Lipinski definition) is 3. The molecule has 0 aliphatic rings. The smallest absolute Gasteiger partial charge is 0.267 e. The number of rotatable bonds is 5. The number of ketones is 1. The number of allylic oxidation sites excluding steroid dienone is 3. The Morgan fingerprint density at radius 1 is 1.25 bits per heavy atom. The number of nitrogen functional groups attached to an aromatic ring is 1. The van der Waals surface area contributed by atoms with E-state index in [1.54, 1.807) is 44.2 Å². The van der Waals surface area contributed by atoms with Gasteiger partial charge in [-0.2, -0.15) is 0 Å². The maximum Gasteiger partial charge on any atom is 0.267 e. The molecule has 0 bridgehead atoms. The van der Waals surface area contributed by atoms with E-state index in [1.807, 2.05) is 0 Å². The fourth-order valence-electron chi connectivity index (χ4n) is 1.68. The van der Waals surface area contributed by atoms with E-state index in [9.17, 15) is 9.59 Å². The zero-order valence-corrected chi connectivity index (χ0v) is 11.5. The van der Waals surface area contributed by atoms with Crippen LogP contribution < -0.4 is 11.2 Å². The number of hydroxylamine groups is 1. The van der Waals surface area contributed by atoms with Crippen molar-refractivity contribution in [3.63, 3.8) is 0 Å². The second-order valence-corrected chi connectivity index (χ2v) is 4.50. The third-order valence-corrected chi connectivity index (χ3v) is 2.73. The minimum absolute atomic E-state index is 0.0237. The molecule has 0 saturated heterocycles. The van der Waals surface area contributed by atoms with Gasteiger partial charge in [-0.1, -0.05) is 24.6 Å². The van der Waals surface area contributed by atoms with Crippen LogP contribution in [0.4, 0.5) is 5.69 Å². The quantitative estimate of drug-likeness (QED) is 0.191. The van der Waals surface area contributed by atoms with Gasteiger partial charge in [-0.25, -0.2) is 5.48 Å². The van der Waals surface area contributed by atoms with E-state index in [2.05, 4.69) is 0 Å². The van der Waals surface area contributed by atoms with Gasteiger partial charge in [0.2, 0.25) is 0 Å². The summed E-state index contributed by atoms with van der Waals surface area (Å²) < 4.78 is 0. The number of carbonyl (C=O) groups is 2. The van der Waals surface area contributed by atoms with Crippen LogP contribution in [0.15, 0.2) is 48.1 Å². The molecular weight excluding hydrogens is 256 g/mol. The Balaban J connectivity index is 2.76. The molecule has 0 unspecified atom stereocenters. The summed E-state index contributed by atoms with van der Waals surface area (Å²) in [5, 5.41) is 8.35. The lowest BCUT2D eigenvalue weighted by molar-refractivity contribution is -0.124. The summed E-state index contributed by atoms with van der Waals surface area (Å²) in [5.74, 6) is -0.958. The second-order valence-electron chi connectivity index (χ2n) is 4.50. The lowest BCUT2D eigenvalue weighted by Crippen LogP contribution is -2.15. The fourth-order valence-corrected chi connectivity index (χ4v) is 1.68. The maximum absolute atomic E-state index is 12.2. The third kappa shape index (κ3) is 4.70. The molecule has 0 radical (unpaired) electrons. The topological polar surface area (TPSA) is 92.4 Å². The number of anilines is 1. The number of hydrogen-bond acceptors (Lipinski definition) is 4. The molecular formula is C15H18N2O3. The summed E-state index contributed by atoms with van der Waals surface area (Å²) in [6.45, 7) is 3.55. The molecule has 0 heterocycles. The van der Waals surface area contributed by atoms with Gasteiger partial charge in [-0.05, 0) is 31.2 Å². The minimum atomic E-state index is -0.615. The molecule has 0 aliphatic heterocycles. The van der Waals surface area contributed by atoms with Crippen LogP contribution in [0.3, 0.4) is 0 Å². The molecule has 1 atom stereocenters. The molecule has 0 fully saturated rings. The van der Waals surface area contributed by atoms with Crippen LogP contribution in [0.1, 0.15) is 24.2 Å². The van der Waals surface area contributed by atoms with Crippen LogP contribution >= 0.6 is 0 Å². The first-order valence-corrected chi connectivity index (χ1v) is 6.14. The summed E-state index contributed by atoms with van der Waals surface area (Å²) >= 11 is 0. The van der Waals surface area contributed by atoms with Crippen molar-refractivity contribution in [3.05, 3.63) is 53.6 Å². The number of Topliss-reactive ketones (excluding diaryl/α,β-unsaturated/α-hetero) is 1. The Hall–Kier alpha value is -2.40. The molecule has 0 spiro atoms. The van der Waals surface area contributed by atoms with Gasteiger partial charge in [0.15, 0.2) is 5.78 Å². The molecule has 5 nitrogen and oxygen atoms in total. The Labute approximate surface area is 117 Å². The van der Waals surface area contributed by atoms with Gasteiger partial charge in [-0.15, -0.1) is 0 Å². The molecule has 1 amide bonds. The third-order valence-electron chi connectivity index (χ3n) is 2.73. The molecule has 0 saturated carbocycles. The highest BCUT2D eigenvalue weighted by atomic mass is 16.5. The molecule has 20 heavy (non-hydrogen) atoms. The van der Waals surface area contributed by atoms with E-state index in [0.717, 1.165) is 5.57 Å². The van der Waals surface area contributed by atoms with Crippen molar-refractivity contribution < 1.29 is 14.8 Å². The van der Waals surface area contributed by atoms with Crippen molar-refractivity contribution in [3.8, 4) is 0 Å². The summed E-state index contributed by atoms with van der Waals surface area (Å²) in [6, 6.07) is 6.74. The van der Waals surface area contributed by atoms with E-state index in [-0.39, 0.29) is 11.7 Å². The van der Waals surface area contributed by atoms with Crippen molar-refractivity contribution in [1.82, 2.24) is 5.48 Å². The van der Waals surface area contributed by atoms with Crippen LogP contribution in [-0.2, 0) is 4.79 Å². The van der Waals surface area contributed by atoms with Gasteiger partial charge in [-0.3, -0.25) is 14.8 Å². The molecule has 1 aromatic rings. The monoisotopic (exact) mass is 274 g/mol. The number of carbonyl (C=O) groups excluding carboxylic acids is 2. The Bertz CT molecular complexity index is 545. The van der Waals surface area contributed by atoms with Gasteiger partial charge in [0.25, 0.3) is 5.91 Å². The first-order valence-electron chi connectivity index (χ1n) is 6.14. The lowest BCUT2D eigenvalue weighted by atomic mass is 9.97. The van der Waals surface area contributed by atoms with E-state index >= 15 is 0 Å². The molecule has 0 aromatic heterocycles. The minimum Gasteiger partial charge on any atom is -0.399 e. The summed E-state index contributed by atoms with van der Waals surface area (Å²) in [6.07, 6.45) is 4.46. The van der Waals surface area contributed by atoms with Crippen LogP contribution in [0.2, 0.25) is 0 Å². The second kappa shape index (κ2) is 7.25. The molecule has 0 aliphatic carbocycles. The van der Waals surface area contributed by atoms with Crippen molar-refractivity contribution in [2.75, 3.05) is 5.73 Å². The van der Waals surface area contributed by atoms with Crippen molar-refractivity contribution in [2.24, 2.45) is 5.92 Å². The standard InChI is InChI=1S/C15H18N2O3/c1-10(3-8-14(18)17-20)9-11(2)15(19)12-4-6-13(16)7-5-12/h3-9,11,20H,16H2,1-2H3,(H,17,18)/t11-/m1/s1. The highest BCUT2D eigenvalue weighted by molar-refractivity contribution is 5.99. The zero-order valence-electron chi connectivity index (χ0n) is 11.5. The van der Waals surface area contributed by atoms with Gasteiger partial charge >= 0.3 is 0 Å². The first kappa shape index (κ1) is 15.7. The zero-order chi connectivity index (χ0) is 15.1. The Morgan fingerprint density at radius 3 is 2.40 bits per heavy atom.